The summed E-state index contributed by atoms with van der Waals surface area (Å²) in [5.41, 5.74) is 3.32. The van der Waals surface area contributed by atoms with Crippen molar-refractivity contribution < 1.29 is 9.59 Å². The molecule has 3 aromatic rings. The minimum Gasteiger partial charge on any atom is -0.365 e. The number of nitrogens with one attached hydrogen (secondary N) is 1. The number of hydrogen-bond donors (Lipinski definition) is 1. The van der Waals surface area contributed by atoms with Gasteiger partial charge in [-0.25, -0.2) is 4.98 Å². The molecule has 9 heteroatoms. The summed E-state index contributed by atoms with van der Waals surface area (Å²) >= 11 is 0. The Hall–Kier alpha value is -3.75. The van der Waals surface area contributed by atoms with Crippen molar-refractivity contribution in [2.45, 2.75) is 45.8 Å². The fraction of sp³-hybridized carbons (Fsp3) is 0.444. The second-order valence-corrected chi connectivity index (χ2v) is 10.2. The molecule has 3 aliphatic rings. The number of fused-ring (bicyclic) bond motifs is 2. The van der Waals surface area contributed by atoms with Crippen LogP contribution in [0, 0.1) is 5.92 Å². The van der Waals surface area contributed by atoms with Gasteiger partial charge in [-0.3, -0.25) is 14.6 Å². The maximum absolute atomic E-state index is 13.2. The number of rotatable bonds is 6. The zero-order valence-electron chi connectivity index (χ0n) is 20.8. The molecule has 1 aromatic carbocycles. The van der Waals surface area contributed by atoms with Gasteiger partial charge in [-0.1, -0.05) is 18.2 Å². The van der Waals surface area contributed by atoms with E-state index in [2.05, 4.69) is 27.3 Å². The minimum absolute atomic E-state index is 0.0541. The van der Waals surface area contributed by atoms with Crippen molar-refractivity contribution in [2.24, 2.45) is 5.92 Å². The van der Waals surface area contributed by atoms with Crippen LogP contribution in [0.1, 0.15) is 48.3 Å². The fourth-order valence-electron chi connectivity index (χ4n) is 5.00. The van der Waals surface area contributed by atoms with E-state index in [4.69, 9.17) is 9.97 Å². The second-order valence-electron chi connectivity index (χ2n) is 10.2. The topological polar surface area (TPSA) is 94.6 Å². The number of nitrogens with zero attached hydrogens (tertiary/aromatic N) is 6. The van der Waals surface area contributed by atoms with Crippen LogP contribution in [0.2, 0.25) is 0 Å². The molecule has 2 amide bonds. The molecule has 0 radical (unpaired) electrons. The summed E-state index contributed by atoms with van der Waals surface area (Å²) in [5, 5.41) is 4.56. The molecule has 0 unspecified atom stereocenters. The monoisotopic (exact) mass is 485 g/mol. The molecule has 1 saturated carbocycles. The maximum atomic E-state index is 13.2. The standard InChI is InChI=1S/C27H31N7O2/c1-17(2)34-16-21-23(26(34)36)30-27(33-11-9-32(10-12-33)25(35)19-7-8-19)31-24(21)29-15-18-13-20-5-3-4-6-22(20)28-14-18/h3-6,13-14,17,19H,7-12,15-16H2,1-2H3,(H,29,30,31). The van der Waals surface area contributed by atoms with Gasteiger partial charge in [0.05, 0.1) is 12.1 Å². The molecule has 1 N–H and O–H groups in total. The molecule has 9 nitrogen and oxygen atoms in total. The molecule has 2 fully saturated rings. The highest BCUT2D eigenvalue weighted by Gasteiger charge is 2.37. The SMILES string of the molecule is CC(C)N1Cc2c(NCc3cnc4ccccc4c3)nc(N3CCN(C(=O)C4CC4)CC3)nc2C1=O. The summed E-state index contributed by atoms with van der Waals surface area (Å²) in [5.74, 6) is 1.69. The third kappa shape index (κ3) is 4.23. The van der Waals surface area contributed by atoms with E-state index in [1.807, 2.05) is 48.0 Å². The van der Waals surface area contributed by atoms with E-state index in [9.17, 15) is 9.59 Å². The van der Waals surface area contributed by atoms with Crippen LogP contribution in [-0.4, -0.2) is 68.8 Å². The Bertz CT molecular complexity index is 1330. The lowest BCUT2D eigenvalue weighted by Crippen LogP contribution is -2.49. The Kier molecular flexibility index (Phi) is 5.70. The molecule has 36 heavy (non-hydrogen) atoms. The Morgan fingerprint density at radius 2 is 1.89 bits per heavy atom. The van der Waals surface area contributed by atoms with Crippen LogP contribution in [-0.2, 0) is 17.9 Å². The first-order valence-corrected chi connectivity index (χ1v) is 12.8. The third-order valence-corrected chi connectivity index (χ3v) is 7.32. The molecule has 1 aliphatic carbocycles. The normalized spacial score (nSPS) is 17.8. The molecule has 4 heterocycles. The van der Waals surface area contributed by atoms with Crippen molar-refractivity contribution in [3.8, 4) is 0 Å². The quantitative estimate of drug-likeness (QED) is 0.573. The number of piperazine rings is 1. The third-order valence-electron chi connectivity index (χ3n) is 7.32. The molecular weight excluding hydrogens is 454 g/mol. The molecule has 0 atom stereocenters. The van der Waals surface area contributed by atoms with Crippen molar-refractivity contribution in [2.75, 3.05) is 36.4 Å². The van der Waals surface area contributed by atoms with Gasteiger partial charge < -0.3 is 20.0 Å². The first-order chi connectivity index (χ1) is 17.5. The van der Waals surface area contributed by atoms with Crippen LogP contribution in [0.5, 0.6) is 0 Å². The zero-order chi connectivity index (χ0) is 24.8. The lowest BCUT2D eigenvalue weighted by molar-refractivity contribution is -0.132. The summed E-state index contributed by atoms with van der Waals surface area (Å²) < 4.78 is 0. The predicted octanol–water partition coefficient (Wildman–Crippen LogP) is 3.06. The number of carbonyl (C=O) groups excluding carboxylic acids is 2. The van der Waals surface area contributed by atoms with E-state index in [1.165, 1.54) is 0 Å². The highest BCUT2D eigenvalue weighted by molar-refractivity contribution is 5.98. The predicted molar refractivity (Wildman–Crippen MR) is 138 cm³/mol. The largest absolute Gasteiger partial charge is 0.365 e. The Labute approximate surface area is 210 Å². The van der Waals surface area contributed by atoms with Crippen molar-refractivity contribution in [3.05, 3.63) is 53.3 Å². The van der Waals surface area contributed by atoms with Crippen LogP contribution < -0.4 is 10.2 Å². The molecule has 186 valence electrons. The Morgan fingerprint density at radius 3 is 2.64 bits per heavy atom. The molecule has 1 saturated heterocycles. The molecule has 2 aliphatic heterocycles. The summed E-state index contributed by atoms with van der Waals surface area (Å²) in [6.45, 7) is 7.71. The molecule has 2 aromatic heterocycles. The number of benzene rings is 1. The molecule has 0 spiro atoms. The number of hydrogen-bond acceptors (Lipinski definition) is 7. The van der Waals surface area contributed by atoms with E-state index in [1.54, 1.807) is 0 Å². The highest BCUT2D eigenvalue weighted by Crippen LogP contribution is 2.33. The maximum Gasteiger partial charge on any atom is 0.273 e. The van der Waals surface area contributed by atoms with Gasteiger partial charge in [-0.05, 0) is 44.4 Å². The lowest BCUT2D eigenvalue weighted by Gasteiger charge is -2.35. The van der Waals surface area contributed by atoms with Gasteiger partial charge in [0.2, 0.25) is 11.9 Å². The van der Waals surface area contributed by atoms with E-state index in [0.717, 1.165) is 34.9 Å². The number of amides is 2. The van der Waals surface area contributed by atoms with Gasteiger partial charge in [0.15, 0.2) is 0 Å². The zero-order valence-corrected chi connectivity index (χ0v) is 20.8. The fourth-order valence-corrected chi connectivity index (χ4v) is 5.00. The first-order valence-electron chi connectivity index (χ1n) is 12.8. The van der Waals surface area contributed by atoms with Crippen LogP contribution in [0.15, 0.2) is 36.5 Å². The number of para-hydroxylation sites is 1. The van der Waals surface area contributed by atoms with Crippen molar-refractivity contribution in [3.63, 3.8) is 0 Å². The van der Waals surface area contributed by atoms with Crippen LogP contribution in [0.3, 0.4) is 0 Å². The number of aromatic nitrogens is 3. The van der Waals surface area contributed by atoms with Crippen LogP contribution in [0.25, 0.3) is 10.9 Å². The smallest absolute Gasteiger partial charge is 0.273 e. The molecular formula is C27H31N7O2. The summed E-state index contributed by atoms with van der Waals surface area (Å²) in [4.78, 5) is 45.7. The van der Waals surface area contributed by atoms with Gasteiger partial charge in [0.1, 0.15) is 11.5 Å². The summed E-state index contributed by atoms with van der Waals surface area (Å²) in [6, 6.07) is 10.2. The van der Waals surface area contributed by atoms with E-state index in [-0.39, 0.29) is 23.8 Å². The van der Waals surface area contributed by atoms with Gasteiger partial charge in [0.25, 0.3) is 5.91 Å². The molecule has 6 rings (SSSR count). The Morgan fingerprint density at radius 1 is 1.11 bits per heavy atom. The minimum atomic E-state index is -0.0541. The summed E-state index contributed by atoms with van der Waals surface area (Å²) in [7, 11) is 0. The highest BCUT2D eigenvalue weighted by atomic mass is 16.2. The summed E-state index contributed by atoms with van der Waals surface area (Å²) in [6.07, 6.45) is 3.91. The van der Waals surface area contributed by atoms with Crippen molar-refractivity contribution in [1.82, 2.24) is 24.8 Å². The van der Waals surface area contributed by atoms with Gasteiger partial charge in [-0.15, -0.1) is 0 Å². The van der Waals surface area contributed by atoms with Gasteiger partial charge >= 0.3 is 0 Å². The second kappa shape index (κ2) is 9.04. The van der Waals surface area contributed by atoms with Crippen molar-refractivity contribution >= 4 is 34.5 Å². The number of pyridine rings is 1. The van der Waals surface area contributed by atoms with Crippen molar-refractivity contribution in [1.29, 1.82) is 0 Å². The number of carbonyl (C=O) groups is 2. The average Bonchev–Trinajstić information content (AvgIpc) is 3.70. The van der Waals surface area contributed by atoms with Crippen LogP contribution >= 0.6 is 0 Å². The van der Waals surface area contributed by atoms with E-state index >= 15 is 0 Å². The van der Waals surface area contributed by atoms with Gasteiger partial charge in [0, 0.05) is 61.8 Å². The van der Waals surface area contributed by atoms with E-state index < -0.39 is 0 Å². The lowest BCUT2D eigenvalue weighted by atomic mass is 10.1. The van der Waals surface area contributed by atoms with Crippen LogP contribution in [0.4, 0.5) is 11.8 Å². The Balaban J connectivity index is 1.25. The average molecular weight is 486 g/mol. The first kappa shape index (κ1) is 22.7. The molecule has 0 bridgehead atoms. The van der Waals surface area contributed by atoms with Gasteiger partial charge in [-0.2, -0.15) is 4.98 Å². The number of anilines is 2. The van der Waals surface area contributed by atoms with E-state index in [0.29, 0.717) is 56.7 Å².